The first-order valence-electron chi connectivity index (χ1n) is 10.7. The number of anilines is 1. The highest BCUT2D eigenvalue weighted by atomic mass is 35.5. The van der Waals surface area contributed by atoms with E-state index in [9.17, 15) is 9.59 Å². The van der Waals surface area contributed by atoms with E-state index < -0.39 is 0 Å². The van der Waals surface area contributed by atoms with Gasteiger partial charge in [0.05, 0.1) is 19.2 Å². The van der Waals surface area contributed by atoms with E-state index in [0.717, 1.165) is 18.5 Å². The van der Waals surface area contributed by atoms with E-state index in [1.807, 2.05) is 18.2 Å². The van der Waals surface area contributed by atoms with Crippen molar-refractivity contribution in [1.82, 2.24) is 14.8 Å². The lowest BCUT2D eigenvalue weighted by molar-refractivity contribution is 0.194. The Labute approximate surface area is 192 Å². The number of pyridine rings is 1. The maximum atomic E-state index is 13.1. The highest BCUT2D eigenvalue weighted by molar-refractivity contribution is 6.30. The van der Waals surface area contributed by atoms with Gasteiger partial charge in [0.25, 0.3) is 5.56 Å². The molecule has 32 heavy (non-hydrogen) atoms. The third-order valence-corrected chi connectivity index (χ3v) is 5.67. The summed E-state index contributed by atoms with van der Waals surface area (Å²) in [6, 6.07) is 14.1. The van der Waals surface area contributed by atoms with Gasteiger partial charge in [0.15, 0.2) is 0 Å². The number of methoxy groups -OCH3 is 1. The molecule has 0 bridgehead atoms. The molecule has 0 saturated carbocycles. The lowest BCUT2D eigenvalue weighted by Gasteiger charge is -2.26. The van der Waals surface area contributed by atoms with Crippen LogP contribution in [-0.2, 0) is 6.54 Å². The molecule has 0 aliphatic heterocycles. The Hall–Kier alpha value is -3.03. The molecule has 1 aromatic heterocycles. The van der Waals surface area contributed by atoms with Crippen molar-refractivity contribution in [2.45, 2.75) is 20.4 Å². The second-order valence-corrected chi connectivity index (χ2v) is 7.90. The lowest BCUT2D eigenvalue weighted by Crippen LogP contribution is -2.41. The summed E-state index contributed by atoms with van der Waals surface area (Å²) in [5.74, 6) is 0.669. The van der Waals surface area contributed by atoms with Gasteiger partial charge in [-0.25, -0.2) is 4.79 Å². The topological polar surface area (TPSA) is 77.7 Å². The van der Waals surface area contributed by atoms with Crippen molar-refractivity contribution < 1.29 is 9.53 Å². The van der Waals surface area contributed by atoms with Crippen LogP contribution in [0.25, 0.3) is 10.9 Å². The minimum absolute atomic E-state index is 0.185. The Kier molecular flexibility index (Phi) is 8.14. The number of aromatic nitrogens is 1. The van der Waals surface area contributed by atoms with Gasteiger partial charge in [-0.3, -0.25) is 4.79 Å². The molecule has 2 N–H and O–H groups in total. The summed E-state index contributed by atoms with van der Waals surface area (Å²) in [7, 11) is 1.58. The van der Waals surface area contributed by atoms with Crippen molar-refractivity contribution in [3.05, 3.63) is 69.5 Å². The molecule has 3 rings (SSSR count). The molecule has 0 spiro atoms. The van der Waals surface area contributed by atoms with Crippen molar-refractivity contribution in [1.29, 1.82) is 0 Å². The molecule has 7 nitrogen and oxygen atoms in total. The van der Waals surface area contributed by atoms with E-state index in [1.165, 1.54) is 0 Å². The number of nitrogens with zero attached hydrogens (tertiary/aromatic N) is 2. The molecule has 0 fully saturated rings. The summed E-state index contributed by atoms with van der Waals surface area (Å²) in [5, 5.41) is 4.30. The highest BCUT2D eigenvalue weighted by Gasteiger charge is 2.18. The first-order chi connectivity index (χ1) is 15.4. The van der Waals surface area contributed by atoms with Gasteiger partial charge in [0, 0.05) is 35.4 Å². The summed E-state index contributed by atoms with van der Waals surface area (Å²) in [5.41, 5.74) is 1.59. The van der Waals surface area contributed by atoms with Crippen LogP contribution in [0.4, 0.5) is 10.5 Å². The van der Waals surface area contributed by atoms with Gasteiger partial charge in [-0.05, 0) is 54.9 Å². The summed E-state index contributed by atoms with van der Waals surface area (Å²) in [6.45, 7) is 7.32. The first kappa shape index (κ1) is 23.6. The van der Waals surface area contributed by atoms with E-state index in [0.29, 0.717) is 40.6 Å². The van der Waals surface area contributed by atoms with Crippen LogP contribution >= 0.6 is 11.6 Å². The minimum Gasteiger partial charge on any atom is -0.497 e. The molecule has 2 amide bonds. The quantitative estimate of drug-likeness (QED) is 0.494. The molecule has 1 heterocycles. The van der Waals surface area contributed by atoms with Crippen molar-refractivity contribution in [3.63, 3.8) is 0 Å². The van der Waals surface area contributed by atoms with E-state index in [4.69, 9.17) is 16.3 Å². The van der Waals surface area contributed by atoms with Crippen molar-refractivity contribution in [3.8, 4) is 5.75 Å². The van der Waals surface area contributed by atoms with Crippen LogP contribution in [0.5, 0.6) is 5.75 Å². The first-order valence-corrected chi connectivity index (χ1v) is 11.0. The number of H-pyrrole nitrogens is 1. The Morgan fingerprint density at radius 3 is 2.56 bits per heavy atom. The summed E-state index contributed by atoms with van der Waals surface area (Å²) >= 11 is 6.05. The Bertz CT molecular complexity index is 1130. The van der Waals surface area contributed by atoms with Gasteiger partial charge in [-0.1, -0.05) is 31.5 Å². The predicted octanol–water partition coefficient (Wildman–Crippen LogP) is 4.57. The number of hydrogen-bond acceptors (Lipinski definition) is 4. The number of fused-ring (bicyclic) bond motifs is 1. The average molecular weight is 457 g/mol. The Morgan fingerprint density at radius 2 is 1.88 bits per heavy atom. The number of likely N-dealkylation sites (N-methyl/N-ethyl adjacent to an activating group) is 1. The molecule has 0 atom stereocenters. The molecule has 0 aliphatic carbocycles. The summed E-state index contributed by atoms with van der Waals surface area (Å²) in [6.07, 6.45) is 0. The van der Waals surface area contributed by atoms with E-state index >= 15 is 0 Å². The fourth-order valence-electron chi connectivity index (χ4n) is 3.50. The van der Waals surface area contributed by atoms with Crippen molar-refractivity contribution in [2.24, 2.45) is 0 Å². The largest absolute Gasteiger partial charge is 0.497 e. The predicted molar refractivity (Wildman–Crippen MR) is 130 cm³/mol. The lowest BCUT2D eigenvalue weighted by atomic mass is 10.1. The van der Waals surface area contributed by atoms with Gasteiger partial charge < -0.3 is 24.8 Å². The van der Waals surface area contributed by atoms with Crippen LogP contribution in [0.3, 0.4) is 0 Å². The van der Waals surface area contributed by atoms with E-state index in [1.54, 1.807) is 42.3 Å². The number of ether oxygens (including phenoxy) is 1. The highest BCUT2D eigenvalue weighted by Crippen LogP contribution is 2.20. The number of halogens is 1. The molecule has 3 aromatic rings. The third-order valence-electron chi connectivity index (χ3n) is 5.43. The van der Waals surface area contributed by atoms with Crippen LogP contribution in [0.1, 0.15) is 19.4 Å². The normalized spacial score (nSPS) is 11.0. The Morgan fingerprint density at radius 1 is 1.09 bits per heavy atom. The smallest absolute Gasteiger partial charge is 0.322 e. The maximum absolute atomic E-state index is 13.1. The molecule has 0 unspecified atom stereocenters. The van der Waals surface area contributed by atoms with Gasteiger partial charge in [-0.2, -0.15) is 0 Å². The number of carbonyl (C=O) groups excluding carboxylic acids is 1. The Balaban J connectivity index is 1.86. The zero-order valence-electron chi connectivity index (χ0n) is 18.7. The SMILES string of the molecule is CCN(CC)CCN(Cc1cc2ccc(OC)cc2[nH]c1=O)C(=O)Nc1cccc(Cl)c1. The minimum atomic E-state index is -0.284. The average Bonchev–Trinajstić information content (AvgIpc) is 2.78. The number of benzene rings is 2. The van der Waals surface area contributed by atoms with Gasteiger partial charge >= 0.3 is 6.03 Å². The molecule has 2 aromatic carbocycles. The van der Waals surface area contributed by atoms with Gasteiger partial charge in [-0.15, -0.1) is 0 Å². The number of urea groups is 1. The molecule has 0 aliphatic rings. The van der Waals surface area contributed by atoms with Crippen molar-refractivity contribution >= 4 is 34.2 Å². The zero-order valence-corrected chi connectivity index (χ0v) is 19.4. The van der Waals surface area contributed by atoms with E-state index in [-0.39, 0.29) is 18.1 Å². The second kappa shape index (κ2) is 11.0. The molecule has 0 radical (unpaired) electrons. The molecular formula is C24H29ClN4O3. The van der Waals surface area contributed by atoms with Crippen LogP contribution in [0.2, 0.25) is 5.02 Å². The second-order valence-electron chi connectivity index (χ2n) is 7.47. The monoisotopic (exact) mass is 456 g/mol. The van der Waals surface area contributed by atoms with Crippen LogP contribution in [0.15, 0.2) is 53.3 Å². The molecular weight excluding hydrogens is 428 g/mol. The van der Waals surface area contributed by atoms with E-state index in [2.05, 4.69) is 29.0 Å². The molecule has 170 valence electrons. The van der Waals surface area contributed by atoms with Gasteiger partial charge in [0.2, 0.25) is 0 Å². The number of carbonyl (C=O) groups is 1. The zero-order chi connectivity index (χ0) is 23.1. The van der Waals surface area contributed by atoms with Crippen LogP contribution in [-0.4, -0.2) is 54.1 Å². The van der Waals surface area contributed by atoms with Crippen LogP contribution in [0, 0.1) is 0 Å². The van der Waals surface area contributed by atoms with Crippen LogP contribution < -0.4 is 15.6 Å². The summed E-state index contributed by atoms with van der Waals surface area (Å²) in [4.78, 5) is 32.6. The molecule has 0 saturated heterocycles. The number of rotatable bonds is 9. The standard InChI is InChI=1S/C24H29ClN4O3/c1-4-28(5-2)11-12-29(24(31)26-20-8-6-7-19(25)14-20)16-18-13-17-9-10-21(32-3)15-22(17)27-23(18)30/h6-10,13-15H,4-5,11-12,16H2,1-3H3,(H,26,31)(H,27,30). The summed E-state index contributed by atoms with van der Waals surface area (Å²) < 4.78 is 5.23. The fraction of sp³-hybridized carbons (Fsp3) is 0.333. The van der Waals surface area contributed by atoms with Crippen molar-refractivity contribution in [2.75, 3.05) is 38.6 Å². The number of aromatic amines is 1. The fourth-order valence-corrected chi connectivity index (χ4v) is 3.69. The number of nitrogens with one attached hydrogen (secondary N) is 2. The van der Waals surface area contributed by atoms with Gasteiger partial charge in [0.1, 0.15) is 5.75 Å². The molecule has 8 heteroatoms. The number of amides is 2. The third kappa shape index (κ3) is 6.02. The maximum Gasteiger partial charge on any atom is 0.322 e. The number of hydrogen-bond donors (Lipinski definition) is 2.